The Morgan fingerprint density at radius 3 is 2.20 bits per heavy atom. The average Bonchev–Trinajstić information content (AvgIpc) is 2.41. The molecule has 0 N–H and O–H groups in total. The second-order valence-corrected chi connectivity index (χ2v) is 7.98. The van der Waals surface area contributed by atoms with Crippen molar-refractivity contribution in [1.82, 2.24) is 0 Å². The summed E-state index contributed by atoms with van der Waals surface area (Å²) in [5.74, 6) is 0.203. The first-order valence-corrected chi connectivity index (χ1v) is 8.87. The van der Waals surface area contributed by atoms with Gasteiger partial charge in [0, 0.05) is 0 Å². The number of carbonyl (C=O) groups is 1. The van der Waals surface area contributed by atoms with Gasteiger partial charge in [0.2, 0.25) is 0 Å². The van der Waals surface area contributed by atoms with Crippen molar-refractivity contribution in [3.63, 3.8) is 0 Å². The van der Waals surface area contributed by atoms with E-state index in [1.165, 1.54) is 57.8 Å². The molecule has 1 aliphatic rings. The molecule has 1 aliphatic carbocycles. The zero-order valence-corrected chi connectivity index (χ0v) is 14.3. The lowest BCUT2D eigenvalue weighted by Gasteiger charge is -2.21. The zero-order valence-electron chi connectivity index (χ0n) is 12.0. The lowest BCUT2D eigenvalue weighted by Crippen LogP contribution is -2.22. The average molecular weight is 344 g/mol. The molecule has 20 heavy (non-hydrogen) atoms. The SMILES string of the molecule is O=C(OCCCCCCCC1CCCCC1)C(Cl)(Cl)Cl. The molecular weight excluding hydrogens is 319 g/mol. The third-order valence-corrected chi connectivity index (χ3v) is 4.41. The highest BCUT2D eigenvalue weighted by atomic mass is 35.6. The van der Waals surface area contributed by atoms with E-state index >= 15 is 0 Å². The minimum Gasteiger partial charge on any atom is -0.463 e. The molecule has 0 spiro atoms. The molecule has 2 nitrogen and oxygen atoms in total. The number of hydrogen-bond acceptors (Lipinski definition) is 2. The molecule has 0 radical (unpaired) electrons. The van der Waals surface area contributed by atoms with Crippen LogP contribution in [0.1, 0.15) is 70.6 Å². The van der Waals surface area contributed by atoms with Crippen LogP contribution in [0.4, 0.5) is 0 Å². The van der Waals surface area contributed by atoms with Crippen molar-refractivity contribution in [2.45, 2.75) is 74.4 Å². The van der Waals surface area contributed by atoms with Crippen molar-refractivity contribution in [3.8, 4) is 0 Å². The number of alkyl halides is 3. The van der Waals surface area contributed by atoms with E-state index in [1.54, 1.807) is 0 Å². The monoisotopic (exact) mass is 342 g/mol. The van der Waals surface area contributed by atoms with Crippen molar-refractivity contribution in [1.29, 1.82) is 0 Å². The number of ether oxygens (including phenoxy) is 1. The number of unbranched alkanes of at least 4 members (excludes halogenated alkanes) is 4. The molecule has 0 aliphatic heterocycles. The standard InChI is InChI=1S/C15H25Cl3O2/c16-15(17,18)14(19)20-12-8-3-1-2-5-9-13-10-6-4-7-11-13/h13H,1-12H2. The molecule has 0 heterocycles. The van der Waals surface area contributed by atoms with Crippen molar-refractivity contribution >= 4 is 40.8 Å². The highest BCUT2D eigenvalue weighted by molar-refractivity contribution is 6.75. The van der Waals surface area contributed by atoms with E-state index in [-0.39, 0.29) is 0 Å². The highest BCUT2D eigenvalue weighted by Gasteiger charge is 2.32. The van der Waals surface area contributed by atoms with Gasteiger partial charge < -0.3 is 4.74 Å². The normalized spacial score (nSPS) is 17.1. The van der Waals surface area contributed by atoms with Crippen LogP contribution < -0.4 is 0 Å². The van der Waals surface area contributed by atoms with Crippen molar-refractivity contribution in [3.05, 3.63) is 0 Å². The van der Waals surface area contributed by atoms with Crippen LogP contribution in [-0.4, -0.2) is 16.4 Å². The van der Waals surface area contributed by atoms with E-state index < -0.39 is 9.76 Å². The van der Waals surface area contributed by atoms with Gasteiger partial charge in [0.15, 0.2) is 0 Å². The molecule has 1 saturated carbocycles. The molecule has 0 saturated heterocycles. The van der Waals surface area contributed by atoms with Gasteiger partial charge in [-0.25, -0.2) is 4.79 Å². The van der Waals surface area contributed by atoms with E-state index in [2.05, 4.69) is 0 Å². The quantitative estimate of drug-likeness (QED) is 0.315. The molecule has 1 rings (SSSR count). The molecule has 118 valence electrons. The Labute approximate surface area is 137 Å². The molecule has 5 heteroatoms. The second-order valence-electron chi connectivity index (χ2n) is 5.69. The van der Waals surface area contributed by atoms with Crippen LogP contribution in [0, 0.1) is 5.92 Å². The first-order valence-electron chi connectivity index (χ1n) is 7.74. The van der Waals surface area contributed by atoms with E-state index in [0.717, 1.165) is 18.8 Å². The van der Waals surface area contributed by atoms with Gasteiger partial charge in [0.25, 0.3) is 3.79 Å². The Morgan fingerprint density at radius 2 is 1.55 bits per heavy atom. The predicted octanol–water partition coefficient (Wildman–Crippen LogP) is 5.82. The summed E-state index contributed by atoms with van der Waals surface area (Å²) >= 11 is 16.2. The Balaban J connectivity index is 1.86. The Hall–Kier alpha value is 0.340. The molecule has 0 amide bonds. The summed E-state index contributed by atoms with van der Waals surface area (Å²) in [4.78, 5) is 11.2. The summed E-state index contributed by atoms with van der Waals surface area (Å²) in [5, 5.41) is 0. The fourth-order valence-electron chi connectivity index (χ4n) is 2.79. The predicted molar refractivity (Wildman–Crippen MR) is 85.5 cm³/mol. The topological polar surface area (TPSA) is 26.3 Å². The minimum absolute atomic E-state index is 0.343. The van der Waals surface area contributed by atoms with E-state index in [0.29, 0.717) is 6.61 Å². The largest absolute Gasteiger partial charge is 0.463 e. The fraction of sp³-hybridized carbons (Fsp3) is 0.933. The third-order valence-electron chi connectivity index (χ3n) is 3.95. The molecule has 1 fully saturated rings. The van der Waals surface area contributed by atoms with Crippen molar-refractivity contribution < 1.29 is 9.53 Å². The Morgan fingerprint density at radius 1 is 0.950 bits per heavy atom. The van der Waals surface area contributed by atoms with Gasteiger partial charge in [-0.1, -0.05) is 99.0 Å². The van der Waals surface area contributed by atoms with Gasteiger partial charge in [0.05, 0.1) is 6.61 Å². The van der Waals surface area contributed by atoms with Gasteiger partial charge in [-0.3, -0.25) is 0 Å². The molecular formula is C15H25Cl3O2. The third kappa shape index (κ3) is 8.59. The molecule has 0 atom stereocenters. The number of halogens is 3. The number of rotatable bonds is 8. The Bertz CT molecular complexity index is 271. The first kappa shape index (κ1) is 18.4. The van der Waals surface area contributed by atoms with E-state index in [4.69, 9.17) is 39.5 Å². The zero-order chi connectivity index (χ0) is 14.8. The van der Waals surface area contributed by atoms with Gasteiger partial charge in [-0.15, -0.1) is 0 Å². The first-order chi connectivity index (χ1) is 9.50. The van der Waals surface area contributed by atoms with Crippen LogP contribution in [0.2, 0.25) is 0 Å². The lowest BCUT2D eigenvalue weighted by molar-refractivity contribution is -0.142. The van der Waals surface area contributed by atoms with Crippen LogP contribution in [0.3, 0.4) is 0 Å². The van der Waals surface area contributed by atoms with Crippen LogP contribution in [-0.2, 0) is 9.53 Å². The van der Waals surface area contributed by atoms with Gasteiger partial charge in [-0.2, -0.15) is 0 Å². The van der Waals surface area contributed by atoms with Crippen LogP contribution in [0.15, 0.2) is 0 Å². The van der Waals surface area contributed by atoms with Crippen molar-refractivity contribution in [2.75, 3.05) is 6.61 Å². The second kappa shape index (κ2) is 10.1. The number of esters is 1. The van der Waals surface area contributed by atoms with Crippen LogP contribution in [0.5, 0.6) is 0 Å². The lowest BCUT2D eigenvalue weighted by atomic mass is 9.85. The maximum absolute atomic E-state index is 11.2. The summed E-state index contributed by atoms with van der Waals surface area (Å²) in [7, 11) is 0. The van der Waals surface area contributed by atoms with Gasteiger partial charge in [0.1, 0.15) is 0 Å². The van der Waals surface area contributed by atoms with Crippen LogP contribution in [0.25, 0.3) is 0 Å². The molecule has 0 aromatic carbocycles. The number of carbonyl (C=O) groups excluding carboxylic acids is 1. The van der Waals surface area contributed by atoms with Crippen LogP contribution >= 0.6 is 34.8 Å². The van der Waals surface area contributed by atoms with E-state index in [9.17, 15) is 4.79 Å². The summed E-state index contributed by atoms with van der Waals surface area (Å²) in [6, 6.07) is 0. The molecule has 0 bridgehead atoms. The maximum Gasteiger partial charge on any atom is 0.358 e. The summed E-state index contributed by atoms with van der Waals surface area (Å²) in [5.41, 5.74) is 0. The highest BCUT2D eigenvalue weighted by Crippen LogP contribution is 2.28. The molecule has 0 aromatic rings. The Kier molecular flexibility index (Phi) is 9.31. The molecule has 0 unspecified atom stereocenters. The smallest absolute Gasteiger partial charge is 0.358 e. The van der Waals surface area contributed by atoms with Gasteiger partial charge in [-0.05, 0) is 12.3 Å². The maximum atomic E-state index is 11.2. The van der Waals surface area contributed by atoms with Crippen molar-refractivity contribution in [2.24, 2.45) is 5.92 Å². The van der Waals surface area contributed by atoms with E-state index in [1.807, 2.05) is 0 Å². The summed E-state index contributed by atoms with van der Waals surface area (Å²) < 4.78 is 2.93. The summed E-state index contributed by atoms with van der Waals surface area (Å²) in [6.45, 7) is 0.343. The fourth-order valence-corrected chi connectivity index (χ4v) is 2.95. The molecule has 0 aromatic heterocycles. The number of hydrogen-bond donors (Lipinski definition) is 0. The minimum atomic E-state index is -1.94. The van der Waals surface area contributed by atoms with Gasteiger partial charge >= 0.3 is 5.97 Å². The summed E-state index contributed by atoms with van der Waals surface area (Å²) in [6.07, 6.45) is 14.3.